The summed E-state index contributed by atoms with van der Waals surface area (Å²) >= 11 is 0. The lowest BCUT2D eigenvalue weighted by atomic mass is 10.2. The summed E-state index contributed by atoms with van der Waals surface area (Å²) in [6.07, 6.45) is 1.66. The number of carbonyl (C=O) groups excluding carboxylic acids is 1. The van der Waals surface area contributed by atoms with E-state index < -0.39 is 6.04 Å². The van der Waals surface area contributed by atoms with Crippen LogP contribution < -0.4 is 10.6 Å². The monoisotopic (exact) mass is 266 g/mol. The highest BCUT2D eigenvalue weighted by atomic mass is 16.2. The number of aromatic nitrogens is 1. The Hall–Kier alpha value is -2.87. The van der Waals surface area contributed by atoms with Crippen molar-refractivity contribution in [3.8, 4) is 6.07 Å². The van der Waals surface area contributed by atoms with Crippen molar-refractivity contribution in [3.63, 3.8) is 0 Å². The van der Waals surface area contributed by atoms with Crippen LogP contribution in [0.1, 0.15) is 12.5 Å². The van der Waals surface area contributed by atoms with Crippen molar-refractivity contribution in [2.24, 2.45) is 0 Å². The number of nitriles is 1. The van der Waals surface area contributed by atoms with Crippen LogP contribution in [0, 0.1) is 11.3 Å². The van der Waals surface area contributed by atoms with E-state index >= 15 is 0 Å². The number of anilines is 2. The number of hydrogen-bond donors (Lipinski definition) is 2. The predicted molar refractivity (Wildman–Crippen MR) is 77.1 cm³/mol. The molecule has 2 N–H and O–H groups in total. The van der Waals surface area contributed by atoms with E-state index in [2.05, 4.69) is 15.6 Å². The third kappa shape index (κ3) is 3.56. The van der Waals surface area contributed by atoms with Gasteiger partial charge in [0.25, 0.3) is 0 Å². The molecule has 2 rings (SSSR count). The van der Waals surface area contributed by atoms with Crippen molar-refractivity contribution < 1.29 is 4.79 Å². The van der Waals surface area contributed by atoms with Crippen LogP contribution in [0.4, 0.5) is 11.5 Å². The number of rotatable bonds is 4. The predicted octanol–water partition coefficient (Wildman–Crippen LogP) is 2.39. The Morgan fingerprint density at radius 2 is 2.00 bits per heavy atom. The molecule has 0 unspecified atom stereocenters. The highest BCUT2D eigenvalue weighted by Crippen LogP contribution is 2.10. The molecular weight excluding hydrogens is 252 g/mol. The van der Waals surface area contributed by atoms with Crippen LogP contribution in [-0.2, 0) is 4.79 Å². The Balaban J connectivity index is 1.95. The maximum atomic E-state index is 12.0. The Morgan fingerprint density at radius 1 is 1.25 bits per heavy atom. The highest BCUT2D eigenvalue weighted by Gasteiger charge is 2.12. The first kappa shape index (κ1) is 13.6. The van der Waals surface area contributed by atoms with Gasteiger partial charge in [-0.1, -0.05) is 6.07 Å². The third-order valence-corrected chi connectivity index (χ3v) is 2.70. The van der Waals surface area contributed by atoms with Gasteiger partial charge in [0.15, 0.2) is 0 Å². The largest absolute Gasteiger partial charge is 0.359 e. The molecule has 20 heavy (non-hydrogen) atoms. The van der Waals surface area contributed by atoms with E-state index in [-0.39, 0.29) is 5.91 Å². The summed E-state index contributed by atoms with van der Waals surface area (Å²) in [5.41, 5.74) is 1.21. The van der Waals surface area contributed by atoms with Crippen LogP contribution in [0.3, 0.4) is 0 Å². The highest BCUT2D eigenvalue weighted by molar-refractivity contribution is 5.96. The van der Waals surface area contributed by atoms with Crippen molar-refractivity contribution in [1.82, 2.24) is 4.98 Å². The van der Waals surface area contributed by atoms with Gasteiger partial charge in [-0.2, -0.15) is 5.26 Å². The molecule has 5 heteroatoms. The van der Waals surface area contributed by atoms with Gasteiger partial charge >= 0.3 is 0 Å². The average molecular weight is 266 g/mol. The minimum absolute atomic E-state index is 0.166. The molecule has 0 aliphatic rings. The van der Waals surface area contributed by atoms with Gasteiger partial charge in [-0.15, -0.1) is 0 Å². The van der Waals surface area contributed by atoms with Gasteiger partial charge in [-0.25, -0.2) is 4.98 Å². The molecule has 0 spiro atoms. The molecule has 2 aromatic rings. The number of pyridine rings is 1. The summed E-state index contributed by atoms with van der Waals surface area (Å²) in [6, 6.07) is 13.8. The molecule has 0 bridgehead atoms. The number of carbonyl (C=O) groups is 1. The van der Waals surface area contributed by atoms with E-state index in [9.17, 15) is 4.79 Å². The van der Waals surface area contributed by atoms with Crippen LogP contribution in [0.15, 0.2) is 48.7 Å². The molecule has 0 aliphatic heterocycles. The first-order valence-corrected chi connectivity index (χ1v) is 6.17. The van der Waals surface area contributed by atoms with Gasteiger partial charge in [0.2, 0.25) is 5.91 Å². The number of hydrogen-bond acceptors (Lipinski definition) is 4. The summed E-state index contributed by atoms with van der Waals surface area (Å²) in [6.45, 7) is 1.76. The normalized spacial score (nSPS) is 11.2. The van der Waals surface area contributed by atoms with E-state index in [0.717, 1.165) is 0 Å². The number of benzene rings is 1. The second-order valence-corrected chi connectivity index (χ2v) is 4.26. The Bertz CT molecular complexity index is 617. The van der Waals surface area contributed by atoms with Crippen LogP contribution >= 0.6 is 0 Å². The summed E-state index contributed by atoms with van der Waals surface area (Å²) in [7, 11) is 0. The maximum absolute atomic E-state index is 12.0. The van der Waals surface area contributed by atoms with Gasteiger partial charge in [-0.05, 0) is 43.3 Å². The Morgan fingerprint density at radius 3 is 2.60 bits per heavy atom. The topological polar surface area (TPSA) is 77.8 Å². The molecule has 1 atom stereocenters. The van der Waals surface area contributed by atoms with E-state index in [0.29, 0.717) is 17.1 Å². The molecule has 5 nitrogen and oxygen atoms in total. The lowest BCUT2D eigenvalue weighted by Gasteiger charge is -2.14. The van der Waals surface area contributed by atoms with Gasteiger partial charge in [0.1, 0.15) is 11.9 Å². The second kappa shape index (κ2) is 6.34. The lowest BCUT2D eigenvalue weighted by molar-refractivity contribution is -0.116. The van der Waals surface area contributed by atoms with E-state index in [1.165, 1.54) is 0 Å². The van der Waals surface area contributed by atoms with Crippen LogP contribution in [0.2, 0.25) is 0 Å². The standard InChI is InChI=1S/C15H14N4O/c1-11(18-14-4-2-3-9-17-14)15(20)19-13-7-5-12(10-16)6-8-13/h2-9,11H,1H3,(H,17,18)(H,19,20)/t11-/m1/s1. The fourth-order valence-electron chi connectivity index (χ4n) is 1.61. The SMILES string of the molecule is C[C@@H](Nc1ccccn1)C(=O)Nc1ccc(C#N)cc1. The van der Waals surface area contributed by atoms with E-state index in [4.69, 9.17) is 5.26 Å². The van der Waals surface area contributed by atoms with Gasteiger partial charge in [-0.3, -0.25) is 4.79 Å². The molecule has 100 valence electrons. The summed E-state index contributed by atoms with van der Waals surface area (Å²) < 4.78 is 0. The molecule has 1 heterocycles. The summed E-state index contributed by atoms with van der Waals surface area (Å²) in [5.74, 6) is 0.482. The van der Waals surface area contributed by atoms with Crippen molar-refractivity contribution in [1.29, 1.82) is 5.26 Å². The molecule has 1 aromatic heterocycles. The van der Waals surface area contributed by atoms with Crippen molar-refractivity contribution in [3.05, 3.63) is 54.2 Å². The first-order chi connectivity index (χ1) is 9.69. The van der Waals surface area contributed by atoms with Crippen LogP contribution in [0.25, 0.3) is 0 Å². The van der Waals surface area contributed by atoms with Gasteiger partial charge < -0.3 is 10.6 Å². The zero-order valence-corrected chi connectivity index (χ0v) is 11.0. The van der Waals surface area contributed by atoms with Gasteiger partial charge in [0.05, 0.1) is 11.6 Å². The number of nitrogens with zero attached hydrogens (tertiary/aromatic N) is 2. The van der Waals surface area contributed by atoms with Gasteiger partial charge in [0, 0.05) is 11.9 Å². The number of amides is 1. The summed E-state index contributed by atoms with van der Waals surface area (Å²) in [4.78, 5) is 16.1. The zero-order chi connectivity index (χ0) is 14.4. The number of nitrogens with one attached hydrogen (secondary N) is 2. The minimum Gasteiger partial charge on any atom is -0.359 e. The Kier molecular flexibility index (Phi) is 4.30. The van der Waals surface area contributed by atoms with Crippen molar-refractivity contribution in [2.45, 2.75) is 13.0 Å². The minimum atomic E-state index is -0.416. The maximum Gasteiger partial charge on any atom is 0.246 e. The first-order valence-electron chi connectivity index (χ1n) is 6.17. The molecule has 1 aromatic carbocycles. The van der Waals surface area contributed by atoms with E-state index in [1.807, 2.05) is 18.2 Å². The lowest BCUT2D eigenvalue weighted by Crippen LogP contribution is -2.32. The second-order valence-electron chi connectivity index (χ2n) is 4.26. The van der Waals surface area contributed by atoms with E-state index in [1.54, 1.807) is 43.5 Å². The van der Waals surface area contributed by atoms with Crippen molar-refractivity contribution >= 4 is 17.4 Å². The third-order valence-electron chi connectivity index (χ3n) is 2.70. The summed E-state index contributed by atoms with van der Waals surface area (Å²) in [5, 5.41) is 14.5. The molecule has 0 saturated carbocycles. The molecular formula is C15H14N4O. The fraction of sp³-hybridized carbons (Fsp3) is 0.133. The smallest absolute Gasteiger partial charge is 0.246 e. The molecule has 0 fully saturated rings. The Labute approximate surface area is 117 Å². The van der Waals surface area contributed by atoms with Crippen LogP contribution in [0.5, 0.6) is 0 Å². The molecule has 1 amide bonds. The molecule has 0 radical (unpaired) electrons. The average Bonchev–Trinajstić information content (AvgIpc) is 2.49. The zero-order valence-electron chi connectivity index (χ0n) is 11.0. The quantitative estimate of drug-likeness (QED) is 0.890. The van der Waals surface area contributed by atoms with Crippen LogP contribution in [-0.4, -0.2) is 16.9 Å². The fourth-order valence-corrected chi connectivity index (χ4v) is 1.61. The molecule has 0 aliphatic carbocycles. The molecule has 0 saturated heterocycles. The van der Waals surface area contributed by atoms with Crippen molar-refractivity contribution in [2.75, 3.05) is 10.6 Å².